The molecule has 8 heteroatoms. The van der Waals surface area contributed by atoms with Gasteiger partial charge in [0.1, 0.15) is 0 Å². The van der Waals surface area contributed by atoms with Crippen molar-refractivity contribution in [2.45, 2.75) is 24.7 Å². The van der Waals surface area contributed by atoms with Crippen molar-refractivity contribution in [3.8, 4) is 0 Å². The maximum Gasteiger partial charge on any atom is 0.255 e. The Morgan fingerprint density at radius 3 is 2.92 bits per heavy atom. The fraction of sp³-hybridized carbons (Fsp3) is 0.294. The molecule has 1 aliphatic heterocycles. The van der Waals surface area contributed by atoms with Crippen molar-refractivity contribution in [2.75, 3.05) is 12.8 Å². The Hall–Kier alpha value is -2.45. The second kappa shape index (κ2) is 5.82. The van der Waals surface area contributed by atoms with Crippen LogP contribution in [-0.2, 0) is 29.3 Å². The van der Waals surface area contributed by atoms with E-state index in [2.05, 4.69) is 32.0 Å². The van der Waals surface area contributed by atoms with Crippen LogP contribution in [0.2, 0.25) is 0 Å². The third-order valence-electron chi connectivity index (χ3n) is 4.51. The van der Waals surface area contributed by atoms with Crippen LogP contribution in [0.1, 0.15) is 16.8 Å². The van der Waals surface area contributed by atoms with Crippen molar-refractivity contribution >= 4 is 20.7 Å². The molecule has 1 aromatic carbocycles. The summed E-state index contributed by atoms with van der Waals surface area (Å²) >= 11 is 0. The van der Waals surface area contributed by atoms with Gasteiger partial charge in [-0.05, 0) is 35.6 Å². The van der Waals surface area contributed by atoms with Gasteiger partial charge >= 0.3 is 0 Å². The highest BCUT2D eigenvalue weighted by molar-refractivity contribution is 7.90. The minimum atomic E-state index is -3.54. The smallest absolute Gasteiger partial charge is 0.255 e. The van der Waals surface area contributed by atoms with Gasteiger partial charge < -0.3 is 4.98 Å². The van der Waals surface area contributed by atoms with Crippen LogP contribution in [0.3, 0.4) is 0 Å². The molecule has 25 heavy (non-hydrogen) atoms. The van der Waals surface area contributed by atoms with E-state index in [1.54, 1.807) is 0 Å². The Morgan fingerprint density at radius 2 is 2.12 bits per heavy atom. The highest BCUT2D eigenvalue weighted by atomic mass is 32.2. The Balaban J connectivity index is 1.61. The van der Waals surface area contributed by atoms with Crippen LogP contribution in [0.25, 0.3) is 10.9 Å². The molecular weight excluding hydrogens is 340 g/mol. The van der Waals surface area contributed by atoms with E-state index in [0.717, 1.165) is 30.2 Å². The molecule has 1 aliphatic rings. The van der Waals surface area contributed by atoms with Crippen LogP contribution in [0, 0.1) is 0 Å². The molecule has 3 heterocycles. The van der Waals surface area contributed by atoms with Crippen molar-refractivity contribution in [2.24, 2.45) is 0 Å². The molecule has 3 aromatic rings. The minimum absolute atomic E-state index is 0.258. The Labute approximate surface area is 144 Å². The maximum absolute atomic E-state index is 12.1. The van der Waals surface area contributed by atoms with E-state index >= 15 is 0 Å². The van der Waals surface area contributed by atoms with Gasteiger partial charge in [0.2, 0.25) is 15.0 Å². The highest BCUT2D eigenvalue weighted by Crippen LogP contribution is 2.20. The molecule has 0 aliphatic carbocycles. The van der Waals surface area contributed by atoms with E-state index < -0.39 is 9.84 Å². The van der Waals surface area contributed by atoms with Gasteiger partial charge in [-0.2, -0.15) is 0 Å². The van der Waals surface area contributed by atoms with Gasteiger partial charge in [0.25, 0.3) is 5.56 Å². The van der Waals surface area contributed by atoms with Gasteiger partial charge in [0.15, 0.2) is 0 Å². The zero-order valence-corrected chi connectivity index (χ0v) is 14.6. The average molecular weight is 358 g/mol. The number of fused-ring (bicyclic) bond motifs is 2. The monoisotopic (exact) mass is 358 g/mol. The molecule has 0 amide bonds. The Morgan fingerprint density at radius 1 is 1.28 bits per heavy atom. The van der Waals surface area contributed by atoms with Gasteiger partial charge in [-0.25, -0.2) is 13.4 Å². The third kappa shape index (κ3) is 3.10. The molecule has 130 valence electrons. The van der Waals surface area contributed by atoms with Crippen LogP contribution >= 0.6 is 0 Å². The molecule has 0 saturated carbocycles. The van der Waals surface area contributed by atoms with Crippen molar-refractivity contribution in [1.29, 1.82) is 0 Å². The predicted octanol–water partition coefficient (Wildman–Crippen LogP) is 1.21. The molecule has 0 unspecified atom stereocenters. The molecule has 0 spiro atoms. The number of rotatable bonds is 3. The van der Waals surface area contributed by atoms with Crippen LogP contribution in [0.15, 0.2) is 40.4 Å². The predicted molar refractivity (Wildman–Crippen MR) is 94.1 cm³/mol. The number of nitrogens with one attached hydrogen (secondary N) is 2. The van der Waals surface area contributed by atoms with Gasteiger partial charge in [-0.3, -0.25) is 14.7 Å². The third-order valence-corrected chi connectivity index (χ3v) is 5.40. The lowest BCUT2D eigenvalue weighted by molar-refractivity contribution is 0.239. The van der Waals surface area contributed by atoms with Crippen LogP contribution in [-0.4, -0.2) is 41.1 Å². The zero-order valence-electron chi connectivity index (χ0n) is 13.7. The van der Waals surface area contributed by atoms with Gasteiger partial charge in [0, 0.05) is 43.2 Å². The van der Waals surface area contributed by atoms with E-state index in [4.69, 9.17) is 0 Å². The van der Waals surface area contributed by atoms with Gasteiger partial charge in [-0.15, -0.1) is 0 Å². The number of sulfone groups is 1. The first-order valence-electron chi connectivity index (χ1n) is 8.01. The molecular formula is C17H18N4O3S. The first-order chi connectivity index (χ1) is 11.9. The number of hydrogen-bond acceptors (Lipinski definition) is 5. The first kappa shape index (κ1) is 16.0. The summed E-state index contributed by atoms with van der Waals surface area (Å²) in [4.78, 5) is 24.0. The SMILES string of the molecule is CS(=O)(=O)c1nc2c(c(=O)[nH]1)CCN(Cc1ccc3[nH]ccc3c1)C2. The quantitative estimate of drug-likeness (QED) is 0.686. The molecule has 7 nitrogen and oxygen atoms in total. The topological polar surface area (TPSA) is 98.9 Å². The molecule has 0 fully saturated rings. The maximum atomic E-state index is 12.1. The van der Waals surface area contributed by atoms with Crippen LogP contribution < -0.4 is 5.56 Å². The normalized spacial score (nSPS) is 15.4. The van der Waals surface area contributed by atoms with E-state index in [1.807, 2.05) is 18.3 Å². The van der Waals surface area contributed by atoms with Crippen molar-refractivity contribution < 1.29 is 8.42 Å². The molecule has 4 rings (SSSR count). The lowest BCUT2D eigenvalue weighted by Gasteiger charge is -2.27. The molecule has 2 N–H and O–H groups in total. The average Bonchev–Trinajstić information content (AvgIpc) is 3.01. The second-order valence-corrected chi connectivity index (χ2v) is 8.36. The summed E-state index contributed by atoms with van der Waals surface area (Å²) in [7, 11) is -3.54. The summed E-state index contributed by atoms with van der Waals surface area (Å²) in [6.07, 6.45) is 3.52. The fourth-order valence-electron chi connectivity index (χ4n) is 3.24. The Kier molecular flexibility index (Phi) is 3.73. The summed E-state index contributed by atoms with van der Waals surface area (Å²) in [5, 5.41) is 0.899. The summed E-state index contributed by atoms with van der Waals surface area (Å²) in [6, 6.07) is 8.28. The lowest BCUT2D eigenvalue weighted by atomic mass is 10.1. The molecule has 0 saturated heterocycles. The molecule has 0 atom stereocenters. The van der Waals surface area contributed by atoms with Crippen molar-refractivity contribution in [1.82, 2.24) is 19.9 Å². The molecule has 2 aromatic heterocycles. The number of hydrogen-bond donors (Lipinski definition) is 2. The van der Waals surface area contributed by atoms with Crippen LogP contribution in [0.5, 0.6) is 0 Å². The summed E-state index contributed by atoms with van der Waals surface area (Å²) in [5.74, 6) is 0. The van der Waals surface area contributed by atoms with Gasteiger partial charge in [-0.1, -0.05) is 6.07 Å². The number of aromatic amines is 2. The number of nitrogens with zero attached hydrogens (tertiary/aromatic N) is 2. The van der Waals surface area contributed by atoms with Crippen LogP contribution in [0.4, 0.5) is 0 Å². The highest BCUT2D eigenvalue weighted by Gasteiger charge is 2.23. The van der Waals surface area contributed by atoms with Gasteiger partial charge in [0.05, 0.1) is 5.69 Å². The molecule has 0 bridgehead atoms. The summed E-state index contributed by atoms with van der Waals surface area (Å²) in [6.45, 7) is 1.93. The molecule has 0 radical (unpaired) electrons. The number of H-pyrrole nitrogens is 2. The number of benzene rings is 1. The second-order valence-electron chi connectivity index (χ2n) is 6.43. The standard InChI is InChI=1S/C17H18N4O3S/c1-25(23,24)17-19-15-10-21(7-5-13(15)16(22)20-17)9-11-2-3-14-12(8-11)4-6-18-14/h2-4,6,8,18H,5,7,9-10H2,1H3,(H,19,20,22). The van der Waals surface area contributed by atoms with Crippen molar-refractivity contribution in [3.63, 3.8) is 0 Å². The van der Waals surface area contributed by atoms with E-state index in [0.29, 0.717) is 24.2 Å². The van der Waals surface area contributed by atoms with Crippen molar-refractivity contribution in [3.05, 3.63) is 57.6 Å². The largest absolute Gasteiger partial charge is 0.361 e. The number of aromatic nitrogens is 3. The first-order valence-corrected chi connectivity index (χ1v) is 9.90. The van der Waals surface area contributed by atoms with E-state index in [9.17, 15) is 13.2 Å². The van der Waals surface area contributed by atoms with E-state index in [1.165, 1.54) is 5.56 Å². The summed E-state index contributed by atoms with van der Waals surface area (Å²) in [5.41, 5.74) is 3.06. The van der Waals surface area contributed by atoms with E-state index in [-0.39, 0.29) is 10.7 Å². The Bertz CT molecular complexity index is 1110. The minimum Gasteiger partial charge on any atom is -0.361 e. The lowest BCUT2D eigenvalue weighted by Crippen LogP contribution is -2.35. The zero-order chi connectivity index (χ0) is 17.6. The fourth-order valence-corrected chi connectivity index (χ4v) is 3.79. The summed E-state index contributed by atoms with van der Waals surface area (Å²) < 4.78 is 23.4.